The maximum Gasteiger partial charge on any atom is 0.423 e. The molecule has 0 unspecified atom stereocenters. The topological polar surface area (TPSA) is 209 Å². The monoisotopic (exact) mass is 953 g/mol. The lowest BCUT2D eigenvalue weighted by molar-refractivity contribution is -0.153. The number of sulfonamides is 1. The van der Waals surface area contributed by atoms with Crippen LogP contribution in [0.15, 0.2) is 41.4 Å². The Morgan fingerprint density at radius 2 is 1.45 bits per heavy atom. The molecule has 66 heavy (non-hydrogen) atoms. The molecule has 2 N–H and O–H groups in total. The fourth-order valence-corrected chi connectivity index (χ4v) is 8.30. The van der Waals surface area contributed by atoms with Crippen LogP contribution in [0.5, 0.6) is 5.75 Å². The summed E-state index contributed by atoms with van der Waals surface area (Å²) < 4.78 is 98.7. The molecule has 0 aliphatic carbocycles. The summed E-state index contributed by atoms with van der Waals surface area (Å²) in [6, 6.07) is 7.57. The largest absolute Gasteiger partial charge is 0.491 e. The Balaban J connectivity index is 1.44. The number of rotatable bonds is 17. The van der Waals surface area contributed by atoms with E-state index in [0.29, 0.717) is 21.6 Å². The van der Waals surface area contributed by atoms with E-state index in [1.807, 2.05) is 0 Å². The molecule has 0 bridgehead atoms. The van der Waals surface area contributed by atoms with Crippen LogP contribution in [0.2, 0.25) is 0 Å². The average Bonchev–Trinajstić information content (AvgIpc) is 3.45. The molecule has 4 rings (SSSR count). The van der Waals surface area contributed by atoms with Crippen molar-refractivity contribution < 1.29 is 69.2 Å². The minimum Gasteiger partial charge on any atom is -0.491 e. The maximum atomic E-state index is 14.3. The number of amidine groups is 1. The standard InChI is InChI=1S/C45H62F3N5O12S/c1-29-23-31(38(56)64-42(5,6)7)12-11-30(29)13-22-66(59,60)52-17-14-44(15-18-52)39(57)53(40(58)65-43(8,9)10)37(51-44)32-24-33(45(46,47)48)26-34(25-32)62-21-20-61-19-16-50-35(54)27-49-28-36(55)63-41(2,3)4/h11-12,23-26,49H,13-22,27-28H2,1-10H3,(H,50,54). The summed E-state index contributed by atoms with van der Waals surface area (Å²) in [5.41, 5.74) is -3.87. The van der Waals surface area contributed by atoms with Gasteiger partial charge in [0.05, 0.1) is 43.2 Å². The Bertz CT molecular complexity index is 2260. The molecule has 1 fully saturated rings. The first kappa shape index (κ1) is 53.5. The highest BCUT2D eigenvalue weighted by atomic mass is 32.2. The van der Waals surface area contributed by atoms with Gasteiger partial charge in [-0.2, -0.15) is 18.1 Å². The summed E-state index contributed by atoms with van der Waals surface area (Å²) >= 11 is 0. The van der Waals surface area contributed by atoms with Gasteiger partial charge >= 0.3 is 24.2 Å². The van der Waals surface area contributed by atoms with Gasteiger partial charge in [-0.15, -0.1) is 0 Å². The molecular formula is C45H62F3N5O12S. The zero-order chi connectivity index (χ0) is 49.5. The van der Waals surface area contributed by atoms with Gasteiger partial charge in [-0.3, -0.25) is 24.7 Å². The van der Waals surface area contributed by atoms with Crippen LogP contribution in [0, 0.1) is 6.92 Å². The molecule has 17 nitrogen and oxygen atoms in total. The van der Waals surface area contributed by atoms with Crippen molar-refractivity contribution in [2.24, 2.45) is 4.99 Å². The predicted octanol–water partition coefficient (Wildman–Crippen LogP) is 5.34. The molecule has 2 heterocycles. The number of hydrogen-bond donors (Lipinski definition) is 2. The number of carbonyl (C=O) groups is 5. The highest BCUT2D eigenvalue weighted by molar-refractivity contribution is 7.89. The fourth-order valence-electron chi connectivity index (χ4n) is 6.82. The van der Waals surface area contributed by atoms with Gasteiger partial charge in [-0.25, -0.2) is 22.3 Å². The number of piperidine rings is 1. The van der Waals surface area contributed by atoms with Crippen molar-refractivity contribution in [3.05, 3.63) is 64.2 Å². The van der Waals surface area contributed by atoms with Crippen LogP contribution in [0.4, 0.5) is 18.0 Å². The number of imide groups is 1. The minimum absolute atomic E-state index is 0.0322. The van der Waals surface area contributed by atoms with E-state index in [0.717, 1.165) is 12.1 Å². The minimum atomic E-state index is -4.89. The number of aliphatic imine (C=N–C) groups is 1. The lowest BCUT2D eigenvalue weighted by Gasteiger charge is -2.35. The van der Waals surface area contributed by atoms with Gasteiger partial charge in [-0.05, 0) is 130 Å². The first-order valence-corrected chi connectivity index (χ1v) is 23.1. The van der Waals surface area contributed by atoms with E-state index in [-0.39, 0.29) is 88.9 Å². The van der Waals surface area contributed by atoms with Crippen molar-refractivity contribution in [3.63, 3.8) is 0 Å². The Morgan fingerprint density at radius 1 is 0.818 bits per heavy atom. The van der Waals surface area contributed by atoms with E-state index in [1.165, 1.54) is 10.4 Å². The van der Waals surface area contributed by atoms with Crippen molar-refractivity contribution in [1.82, 2.24) is 19.8 Å². The Kier molecular flexibility index (Phi) is 17.2. The van der Waals surface area contributed by atoms with Gasteiger partial charge < -0.3 is 29.0 Å². The molecular weight excluding hydrogens is 892 g/mol. The molecule has 2 aromatic rings. The van der Waals surface area contributed by atoms with Crippen LogP contribution in [0.3, 0.4) is 0 Å². The summed E-state index contributed by atoms with van der Waals surface area (Å²) in [7, 11) is -3.90. The highest BCUT2D eigenvalue weighted by Gasteiger charge is 2.54. The van der Waals surface area contributed by atoms with Crippen molar-refractivity contribution >= 4 is 45.7 Å². The Hall–Kier alpha value is -5.12. The van der Waals surface area contributed by atoms with Crippen molar-refractivity contribution in [1.29, 1.82) is 0 Å². The zero-order valence-corrected chi connectivity index (χ0v) is 40.0. The lowest BCUT2D eigenvalue weighted by Crippen LogP contribution is -2.53. The second-order valence-corrected chi connectivity index (χ2v) is 21.0. The second-order valence-electron chi connectivity index (χ2n) is 18.9. The van der Waals surface area contributed by atoms with Gasteiger partial charge in [0.25, 0.3) is 5.91 Å². The third-order valence-corrected chi connectivity index (χ3v) is 11.7. The molecule has 2 aromatic carbocycles. The molecule has 0 aromatic heterocycles. The number of benzene rings is 2. The molecule has 2 aliphatic heterocycles. The van der Waals surface area contributed by atoms with Crippen LogP contribution < -0.4 is 15.4 Å². The number of amides is 3. The van der Waals surface area contributed by atoms with Crippen LogP contribution in [-0.2, 0) is 56.0 Å². The lowest BCUT2D eigenvalue weighted by atomic mass is 9.88. The van der Waals surface area contributed by atoms with Gasteiger partial charge in [0, 0.05) is 25.2 Å². The summed E-state index contributed by atoms with van der Waals surface area (Å²) in [5.74, 6) is -3.28. The van der Waals surface area contributed by atoms with Crippen molar-refractivity contribution in [3.8, 4) is 5.75 Å². The smallest absolute Gasteiger partial charge is 0.423 e. The maximum absolute atomic E-state index is 14.3. The zero-order valence-electron chi connectivity index (χ0n) is 39.2. The van der Waals surface area contributed by atoms with E-state index in [4.69, 9.17) is 23.7 Å². The third-order valence-electron chi connectivity index (χ3n) is 9.79. The quantitative estimate of drug-likeness (QED) is 0.117. The van der Waals surface area contributed by atoms with Gasteiger partial charge in [0.2, 0.25) is 15.9 Å². The Morgan fingerprint density at radius 3 is 2.05 bits per heavy atom. The number of alkyl halides is 3. The third kappa shape index (κ3) is 15.8. The number of halogens is 3. The van der Waals surface area contributed by atoms with Crippen LogP contribution in [-0.4, -0.2) is 134 Å². The number of aryl methyl sites for hydroxylation is 2. The van der Waals surface area contributed by atoms with Crippen LogP contribution in [0.1, 0.15) is 108 Å². The number of esters is 2. The first-order chi connectivity index (χ1) is 30.4. The number of carbonyl (C=O) groups excluding carboxylic acids is 5. The number of hydrogen-bond acceptors (Lipinski definition) is 14. The molecule has 1 saturated heterocycles. The molecule has 21 heteroatoms. The number of nitrogens with zero attached hydrogens (tertiary/aromatic N) is 3. The van der Waals surface area contributed by atoms with Crippen molar-refractivity contribution in [2.45, 2.75) is 117 Å². The SMILES string of the molecule is Cc1cc(C(=O)OC(C)(C)C)ccc1CCS(=O)(=O)N1CCC2(CC1)N=C(c1cc(OCCOCCNC(=O)CNCC(=O)OC(C)(C)C)cc(C(F)(F)F)c1)N(C(=O)OC(C)(C)C)C2=O. The number of nitrogens with one attached hydrogen (secondary N) is 2. The highest BCUT2D eigenvalue weighted by Crippen LogP contribution is 2.39. The normalized spacial score (nSPS) is 15.9. The van der Waals surface area contributed by atoms with E-state index >= 15 is 0 Å². The summed E-state index contributed by atoms with van der Waals surface area (Å²) in [6.07, 6.45) is -6.30. The summed E-state index contributed by atoms with van der Waals surface area (Å²) in [6.45, 7) is 16.0. The van der Waals surface area contributed by atoms with E-state index in [9.17, 15) is 45.6 Å². The predicted molar refractivity (Wildman–Crippen MR) is 236 cm³/mol. The first-order valence-electron chi connectivity index (χ1n) is 21.5. The molecule has 0 radical (unpaired) electrons. The van der Waals surface area contributed by atoms with Gasteiger partial charge in [0.15, 0.2) is 0 Å². The Labute approximate surface area is 384 Å². The van der Waals surface area contributed by atoms with E-state index in [2.05, 4.69) is 15.6 Å². The average molecular weight is 954 g/mol. The van der Waals surface area contributed by atoms with Crippen LogP contribution in [0.25, 0.3) is 0 Å². The summed E-state index contributed by atoms with van der Waals surface area (Å²) in [5, 5.41) is 5.26. The van der Waals surface area contributed by atoms with Gasteiger partial charge in [0.1, 0.15) is 40.5 Å². The molecule has 2 aliphatic rings. The van der Waals surface area contributed by atoms with Crippen LogP contribution >= 0.6 is 0 Å². The second kappa shape index (κ2) is 21.2. The van der Waals surface area contributed by atoms with Crippen molar-refractivity contribution in [2.75, 3.05) is 58.3 Å². The summed E-state index contributed by atoms with van der Waals surface area (Å²) in [4.78, 5) is 69.5. The van der Waals surface area contributed by atoms with E-state index < -0.39 is 79.8 Å². The molecule has 1 spiro atoms. The fraction of sp³-hybridized carbons (Fsp3) is 0.600. The molecule has 0 atom stereocenters. The van der Waals surface area contributed by atoms with E-state index in [1.54, 1.807) is 87.4 Å². The van der Waals surface area contributed by atoms with Gasteiger partial charge in [-0.1, -0.05) is 6.07 Å². The number of ether oxygens (including phenoxy) is 5. The molecule has 0 saturated carbocycles. The molecule has 366 valence electrons. The molecule has 3 amide bonds.